The molecule has 0 aromatic heterocycles. The van der Waals surface area contributed by atoms with E-state index in [1.807, 2.05) is 27.9 Å². The van der Waals surface area contributed by atoms with E-state index in [-0.39, 0.29) is 11.3 Å². The zero-order valence-electron chi connectivity index (χ0n) is 11.6. The van der Waals surface area contributed by atoms with Gasteiger partial charge in [0.2, 0.25) is 5.91 Å². The predicted molar refractivity (Wildman–Crippen MR) is 68.2 cm³/mol. The van der Waals surface area contributed by atoms with Crippen LogP contribution in [0, 0.1) is 5.41 Å². The number of rotatable bonds is 6. The summed E-state index contributed by atoms with van der Waals surface area (Å²) in [6.45, 7) is 9.62. The molecule has 0 bridgehead atoms. The molecule has 0 saturated heterocycles. The minimum Gasteiger partial charge on any atom is -0.355 e. The van der Waals surface area contributed by atoms with Gasteiger partial charge in [-0.2, -0.15) is 0 Å². The minimum atomic E-state index is -0.435. The lowest BCUT2D eigenvalue weighted by Crippen LogP contribution is -2.43. The fourth-order valence-electron chi connectivity index (χ4n) is 1.73. The lowest BCUT2D eigenvalue weighted by atomic mass is 9.92. The van der Waals surface area contributed by atoms with E-state index in [0.717, 1.165) is 6.54 Å². The Bertz CT molecular complexity index is 229. The molecule has 0 aromatic rings. The van der Waals surface area contributed by atoms with Crippen LogP contribution in [0.1, 0.15) is 34.1 Å². The van der Waals surface area contributed by atoms with E-state index in [4.69, 9.17) is 5.73 Å². The molecule has 0 saturated carbocycles. The van der Waals surface area contributed by atoms with Gasteiger partial charge < -0.3 is 16.0 Å². The summed E-state index contributed by atoms with van der Waals surface area (Å²) in [4.78, 5) is 13.7. The normalized spacial score (nSPS) is 13.0. The fourth-order valence-corrected chi connectivity index (χ4v) is 1.73. The molecule has 0 heterocycles. The van der Waals surface area contributed by atoms with Crippen LogP contribution in [-0.2, 0) is 4.79 Å². The van der Waals surface area contributed by atoms with E-state index >= 15 is 0 Å². The van der Waals surface area contributed by atoms with Gasteiger partial charge >= 0.3 is 0 Å². The zero-order valence-corrected chi connectivity index (χ0v) is 11.6. The van der Waals surface area contributed by atoms with Crippen LogP contribution in [-0.4, -0.2) is 43.5 Å². The summed E-state index contributed by atoms with van der Waals surface area (Å²) in [5.74, 6) is 0.0272. The fraction of sp³-hybridized carbons (Fsp3) is 0.917. The van der Waals surface area contributed by atoms with Gasteiger partial charge in [0.15, 0.2) is 0 Å². The number of hydrogen-bond acceptors (Lipinski definition) is 3. The SMILES string of the molecule is CN(C)CC(C)(C)CNC(=O)CC(C)(C)N. The van der Waals surface area contributed by atoms with E-state index in [1.165, 1.54) is 0 Å². The Hall–Kier alpha value is -0.610. The molecule has 0 atom stereocenters. The monoisotopic (exact) mass is 229 g/mol. The molecule has 0 unspecified atom stereocenters. The van der Waals surface area contributed by atoms with Crippen molar-refractivity contribution in [3.8, 4) is 0 Å². The highest BCUT2D eigenvalue weighted by Crippen LogP contribution is 2.14. The van der Waals surface area contributed by atoms with Crippen LogP contribution < -0.4 is 11.1 Å². The molecule has 3 N–H and O–H groups in total. The largest absolute Gasteiger partial charge is 0.355 e. The van der Waals surface area contributed by atoms with E-state index in [0.29, 0.717) is 13.0 Å². The van der Waals surface area contributed by atoms with Crippen molar-refractivity contribution in [1.29, 1.82) is 0 Å². The standard InChI is InChI=1S/C12H27N3O/c1-11(2,9-15(5)6)8-14-10(16)7-12(3,4)13/h7-9,13H2,1-6H3,(H,14,16). The van der Waals surface area contributed by atoms with Crippen LogP contribution in [0.15, 0.2) is 0 Å². The smallest absolute Gasteiger partial charge is 0.221 e. The second kappa shape index (κ2) is 5.64. The molecule has 0 aliphatic rings. The van der Waals surface area contributed by atoms with Crippen LogP contribution in [0.25, 0.3) is 0 Å². The molecule has 4 nitrogen and oxygen atoms in total. The number of nitrogens with zero attached hydrogens (tertiary/aromatic N) is 1. The van der Waals surface area contributed by atoms with Crippen LogP contribution in [0.5, 0.6) is 0 Å². The molecule has 96 valence electrons. The van der Waals surface area contributed by atoms with Crippen molar-refractivity contribution in [1.82, 2.24) is 10.2 Å². The topological polar surface area (TPSA) is 58.4 Å². The van der Waals surface area contributed by atoms with Crippen molar-refractivity contribution >= 4 is 5.91 Å². The van der Waals surface area contributed by atoms with Crippen molar-refractivity contribution < 1.29 is 4.79 Å². The molecule has 0 fully saturated rings. The van der Waals surface area contributed by atoms with Crippen LogP contribution in [0.2, 0.25) is 0 Å². The van der Waals surface area contributed by atoms with Gasteiger partial charge in [0, 0.05) is 25.0 Å². The summed E-state index contributed by atoms with van der Waals surface area (Å²) < 4.78 is 0. The Morgan fingerprint density at radius 1 is 1.25 bits per heavy atom. The molecule has 1 amide bonds. The molecule has 0 rings (SSSR count). The van der Waals surface area contributed by atoms with Gasteiger partial charge in [-0.15, -0.1) is 0 Å². The Morgan fingerprint density at radius 2 is 1.75 bits per heavy atom. The molecular formula is C12H27N3O. The first-order valence-electron chi connectivity index (χ1n) is 5.72. The van der Waals surface area contributed by atoms with Crippen LogP contribution >= 0.6 is 0 Å². The van der Waals surface area contributed by atoms with Crippen molar-refractivity contribution in [2.75, 3.05) is 27.2 Å². The summed E-state index contributed by atoms with van der Waals surface area (Å²) in [6.07, 6.45) is 0.366. The summed E-state index contributed by atoms with van der Waals surface area (Å²) >= 11 is 0. The van der Waals surface area contributed by atoms with E-state index in [9.17, 15) is 4.79 Å². The second-order valence-corrected chi connectivity index (χ2v) is 6.34. The van der Waals surface area contributed by atoms with Crippen LogP contribution in [0.4, 0.5) is 0 Å². The highest BCUT2D eigenvalue weighted by Gasteiger charge is 2.21. The predicted octanol–water partition coefficient (Wildman–Crippen LogP) is 0.818. The van der Waals surface area contributed by atoms with Gasteiger partial charge in [-0.3, -0.25) is 4.79 Å². The molecule has 0 aliphatic heterocycles. The van der Waals surface area contributed by atoms with E-state index < -0.39 is 5.54 Å². The summed E-state index contributed by atoms with van der Waals surface area (Å²) in [5.41, 5.74) is 5.43. The number of hydrogen-bond donors (Lipinski definition) is 2. The average Bonchev–Trinajstić information content (AvgIpc) is 1.95. The number of nitrogens with one attached hydrogen (secondary N) is 1. The van der Waals surface area contributed by atoms with Gasteiger partial charge in [-0.05, 0) is 33.4 Å². The van der Waals surface area contributed by atoms with Crippen molar-refractivity contribution in [3.05, 3.63) is 0 Å². The van der Waals surface area contributed by atoms with Crippen LogP contribution in [0.3, 0.4) is 0 Å². The third-order valence-corrected chi connectivity index (χ3v) is 2.12. The third kappa shape index (κ3) is 8.68. The quantitative estimate of drug-likeness (QED) is 0.709. The number of nitrogens with two attached hydrogens (primary N) is 1. The van der Waals surface area contributed by atoms with E-state index in [1.54, 1.807) is 0 Å². The van der Waals surface area contributed by atoms with Gasteiger partial charge in [0.25, 0.3) is 0 Å². The average molecular weight is 229 g/mol. The molecule has 4 heteroatoms. The van der Waals surface area contributed by atoms with Gasteiger partial charge in [0.1, 0.15) is 0 Å². The van der Waals surface area contributed by atoms with Crippen molar-refractivity contribution in [3.63, 3.8) is 0 Å². The lowest BCUT2D eigenvalue weighted by molar-refractivity contribution is -0.122. The number of amides is 1. The maximum atomic E-state index is 11.6. The molecule has 0 spiro atoms. The Kier molecular flexibility index (Phi) is 5.42. The van der Waals surface area contributed by atoms with Gasteiger partial charge in [-0.25, -0.2) is 0 Å². The second-order valence-electron chi connectivity index (χ2n) is 6.34. The summed E-state index contributed by atoms with van der Waals surface area (Å²) in [6, 6.07) is 0. The first-order valence-corrected chi connectivity index (χ1v) is 5.72. The molecule has 0 aliphatic carbocycles. The Labute approximate surface area is 99.6 Å². The number of carbonyl (C=O) groups excluding carboxylic acids is 1. The number of carbonyl (C=O) groups is 1. The molecule has 0 radical (unpaired) electrons. The minimum absolute atomic E-state index is 0.0272. The Balaban J connectivity index is 4.00. The Morgan fingerprint density at radius 3 is 2.12 bits per heavy atom. The first-order chi connectivity index (χ1) is 7.02. The first kappa shape index (κ1) is 15.4. The highest BCUT2D eigenvalue weighted by molar-refractivity contribution is 5.77. The third-order valence-electron chi connectivity index (χ3n) is 2.12. The lowest BCUT2D eigenvalue weighted by Gasteiger charge is -2.29. The summed E-state index contributed by atoms with van der Waals surface area (Å²) in [5, 5.41) is 2.94. The molecule has 16 heavy (non-hydrogen) atoms. The maximum absolute atomic E-state index is 11.6. The van der Waals surface area contributed by atoms with Gasteiger partial charge in [-0.1, -0.05) is 13.8 Å². The summed E-state index contributed by atoms with van der Waals surface area (Å²) in [7, 11) is 4.07. The van der Waals surface area contributed by atoms with Crippen molar-refractivity contribution in [2.45, 2.75) is 39.7 Å². The van der Waals surface area contributed by atoms with Gasteiger partial charge in [0.05, 0.1) is 0 Å². The maximum Gasteiger partial charge on any atom is 0.221 e. The molecular weight excluding hydrogens is 202 g/mol. The highest BCUT2D eigenvalue weighted by atomic mass is 16.1. The molecule has 0 aromatic carbocycles. The van der Waals surface area contributed by atoms with Crippen molar-refractivity contribution in [2.24, 2.45) is 11.1 Å². The van der Waals surface area contributed by atoms with E-state index in [2.05, 4.69) is 24.1 Å². The zero-order chi connectivity index (χ0) is 13.0.